The molecule has 0 aliphatic carbocycles. The van der Waals surface area contributed by atoms with Gasteiger partial charge in [0.05, 0.1) is 16.6 Å². The Morgan fingerprint density at radius 3 is 2.75 bits per heavy atom. The summed E-state index contributed by atoms with van der Waals surface area (Å²) in [5.74, 6) is -0.573. The van der Waals surface area contributed by atoms with Crippen LogP contribution in [0.5, 0.6) is 0 Å². The molecule has 2 N–H and O–H groups in total. The van der Waals surface area contributed by atoms with Crippen LogP contribution in [-0.4, -0.2) is 16.7 Å². The van der Waals surface area contributed by atoms with Crippen molar-refractivity contribution in [2.24, 2.45) is 0 Å². The van der Waals surface area contributed by atoms with Crippen LogP contribution in [0.15, 0.2) is 48.0 Å². The van der Waals surface area contributed by atoms with E-state index in [4.69, 9.17) is 23.2 Å². The van der Waals surface area contributed by atoms with Gasteiger partial charge in [-0.1, -0.05) is 35.3 Å². The topological polar surface area (TPSA) is 62.0 Å². The lowest BCUT2D eigenvalue weighted by Gasteiger charge is -2.03. The van der Waals surface area contributed by atoms with Gasteiger partial charge in [-0.15, -0.1) is 11.3 Å². The number of thiophene rings is 1. The Labute approximate surface area is 152 Å². The highest BCUT2D eigenvalue weighted by molar-refractivity contribution is 7.09. The van der Waals surface area contributed by atoms with Crippen molar-refractivity contribution >= 4 is 46.2 Å². The van der Waals surface area contributed by atoms with Gasteiger partial charge in [-0.3, -0.25) is 9.59 Å². The molecule has 2 aromatic heterocycles. The van der Waals surface area contributed by atoms with Gasteiger partial charge < -0.3 is 10.3 Å². The van der Waals surface area contributed by atoms with E-state index in [9.17, 15) is 9.59 Å². The molecule has 24 heavy (non-hydrogen) atoms. The molecule has 0 saturated carbocycles. The Kier molecular flexibility index (Phi) is 5.04. The maximum Gasteiger partial charge on any atom is 0.268 e. The van der Waals surface area contributed by atoms with Gasteiger partial charge in [0.15, 0.2) is 5.78 Å². The molecule has 122 valence electrons. The fraction of sp³-hybridized carbons (Fsp3) is 0.0588. The highest BCUT2D eigenvalue weighted by Crippen LogP contribution is 2.27. The van der Waals surface area contributed by atoms with Crippen LogP contribution < -0.4 is 5.32 Å². The van der Waals surface area contributed by atoms with Crippen LogP contribution in [0.25, 0.3) is 0 Å². The predicted molar refractivity (Wildman–Crippen MR) is 96.2 cm³/mol. The highest BCUT2D eigenvalue weighted by Gasteiger charge is 2.18. The molecule has 3 rings (SSSR count). The average molecular weight is 379 g/mol. The molecule has 0 aliphatic heterocycles. The van der Waals surface area contributed by atoms with E-state index in [2.05, 4.69) is 10.3 Å². The van der Waals surface area contributed by atoms with E-state index in [1.807, 2.05) is 17.5 Å². The molecule has 0 unspecified atom stereocenters. The lowest BCUT2D eigenvalue weighted by molar-refractivity contribution is 0.0947. The van der Waals surface area contributed by atoms with Crippen LogP contribution >= 0.6 is 34.5 Å². The summed E-state index contributed by atoms with van der Waals surface area (Å²) in [7, 11) is 0. The molecule has 1 aromatic carbocycles. The van der Waals surface area contributed by atoms with Crippen molar-refractivity contribution < 1.29 is 9.59 Å². The molecule has 0 bridgehead atoms. The third-order valence-electron chi connectivity index (χ3n) is 3.39. The smallest absolute Gasteiger partial charge is 0.268 e. The monoisotopic (exact) mass is 378 g/mol. The lowest BCUT2D eigenvalue weighted by atomic mass is 10.1. The SMILES string of the molecule is O=C(NCc1cccs1)c1cc(C(=O)c2cccc(Cl)c2Cl)c[nH]1. The molecule has 0 fully saturated rings. The van der Waals surface area contributed by atoms with Crippen LogP contribution in [-0.2, 0) is 6.54 Å². The number of ketones is 1. The molecule has 4 nitrogen and oxygen atoms in total. The van der Waals surface area contributed by atoms with Gasteiger partial charge in [-0.05, 0) is 29.6 Å². The molecule has 1 amide bonds. The molecule has 7 heteroatoms. The Hall–Kier alpha value is -2.08. The number of carbonyl (C=O) groups is 2. The summed E-state index contributed by atoms with van der Waals surface area (Å²) in [4.78, 5) is 28.5. The van der Waals surface area contributed by atoms with Crippen molar-refractivity contribution in [2.45, 2.75) is 6.54 Å². The van der Waals surface area contributed by atoms with Gasteiger partial charge in [-0.25, -0.2) is 0 Å². The van der Waals surface area contributed by atoms with E-state index < -0.39 is 0 Å². The number of benzene rings is 1. The average Bonchev–Trinajstić information content (AvgIpc) is 3.26. The third-order valence-corrected chi connectivity index (χ3v) is 5.08. The number of nitrogens with one attached hydrogen (secondary N) is 2. The number of aromatic amines is 1. The summed E-state index contributed by atoms with van der Waals surface area (Å²) in [5, 5.41) is 5.26. The molecule has 3 aromatic rings. The Bertz CT molecular complexity index is 888. The number of carbonyl (C=O) groups excluding carboxylic acids is 2. The summed E-state index contributed by atoms with van der Waals surface area (Å²) in [6.07, 6.45) is 1.49. The summed E-state index contributed by atoms with van der Waals surface area (Å²) >= 11 is 13.6. The van der Waals surface area contributed by atoms with Crippen LogP contribution in [0.2, 0.25) is 10.0 Å². The van der Waals surface area contributed by atoms with E-state index in [-0.39, 0.29) is 16.7 Å². The number of rotatable bonds is 5. The number of hydrogen-bond acceptors (Lipinski definition) is 3. The van der Waals surface area contributed by atoms with Crippen molar-refractivity contribution in [1.29, 1.82) is 0 Å². The molecule has 0 atom stereocenters. The molecule has 0 saturated heterocycles. The van der Waals surface area contributed by atoms with Gasteiger partial charge in [-0.2, -0.15) is 0 Å². The zero-order valence-electron chi connectivity index (χ0n) is 12.3. The first-order valence-electron chi connectivity index (χ1n) is 7.04. The maximum absolute atomic E-state index is 12.5. The van der Waals surface area contributed by atoms with Crippen LogP contribution in [0.1, 0.15) is 31.3 Å². The number of halogens is 2. The van der Waals surface area contributed by atoms with E-state index in [0.717, 1.165) is 4.88 Å². The minimum Gasteiger partial charge on any atom is -0.356 e. The van der Waals surface area contributed by atoms with Crippen LogP contribution in [0.4, 0.5) is 0 Å². The first kappa shape index (κ1) is 16.8. The fourth-order valence-corrected chi connectivity index (χ4v) is 3.20. The third kappa shape index (κ3) is 3.53. The largest absolute Gasteiger partial charge is 0.356 e. The van der Waals surface area contributed by atoms with Crippen LogP contribution in [0, 0.1) is 0 Å². The highest BCUT2D eigenvalue weighted by atomic mass is 35.5. The summed E-state index contributed by atoms with van der Waals surface area (Å²) in [6, 6.07) is 10.2. The summed E-state index contributed by atoms with van der Waals surface area (Å²) < 4.78 is 0. The number of aromatic nitrogens is 1. The normalized spacial score (nSPS) is 10.6. The summed E-state index contributed by atoms with van der Waals surface area (Å²) in [5.41, 5.74) is 0.960. The fourth-order valence-electron chi connectivity index (χ4n) is 2.17. The summed E-state index contributed by atoms with van der Waals surface area (Å²) in [6.45, 7) is 0.443. The number of amides is 1. The van der Waals surface area contributed by atoms with Crippen LogP contribution in [0.3, 0.4) is 0 Å². The standard InChI is InChI=1S/C17H12Cl2N2O2S/c18-13-5-1-4-12(15(13)19)16(22)10-7-14(20-8-10)17(23)21-9-11-3-2-6-24-11/h1-8,20H,9H2,(H,21,23). The van der Waals surface area contributed by atoms with Crippen molar-refractivity contribution in [3.63, 3.8) is 0 Å². The number of hydrogen-bond donors (Lipinski definition) is 2. The lowest BCUT2D eigenvalue weighted by Crippen LogP contribution is -2.22. The van der Waals surface area contributed by atoms with E-state index in [1.165, 1.54) is 12.3 Å². The van der Waals surface area contributed by atoms with Crippen molar-refractivity contribution in [2.75, 3.05) is 0 Å². The second-order valence-electron chi connectivity index (χ2n) is 4.99. The quantitative estimate of drug-likeness (QED) is 0.639. The van der Waals surface area contributed by atoms with Gasteiger partial charge in [0.1, 0.15) is 5.69 Å². The van der Waals surface area contributed by atoms with Gasteiger partial charge in [0.25, 0.3) is 5.91 Å². The van der Waals surface area contributed by atoms with Gasteiger partial charge in [0.2, 0.25) is 0 Å². The molecule has 0 aliphatic rings. The van der Waals surface area contributed by atoms with E-state index >= 15 is 0 Å². The Balaban J connectivity index is 1.74. The molecule has 2 heterocycles. The molecular formula is C17H12Cl2N2O2S. The van der Waals surface area contributed by atoms with Crippen molar-refractivity contribution in [3.8, 4) is 0 Å². The second kappa shape index (κ2) is 7.21. The van der Waals surface area contributed by atoms with Gasteiger partial charge in [0, 0.05) is 22.2 Å². The maximum atomic E-state index is 12.5. The molecule has 0 spiro atoms. The zero-order chi connectivity index (χ0) is 17.1. The predicted octanol–water partition coefficient (Wildman–Crippen LogP) is 4.54. The first-order valence-corrected chi connectivity index (χ1v) is 8.67. The van der Waals surface area contributed by atoms with Crippen molar-refractivity contribution in [3.05, 3.63) is 79.7 Å². The Morgan fingerprint density at radius 2 is 2.00 bits per heavy atom. The minimum atomic E-state index is -0.295. The Morgan fingerprint density at radius 1 is 1.17 bits per heavy atom. The number of H-pyrrole nitrogens is 1. The van der Waals surface area contributed by atoms with Crippen molar-refractivity contribution in [1.82, 2.24) is 10.3 Å². The minimum absolute atomic E-state index is 0.203. The first-order chi connectivity index (χ1) is 11.6. The van der Waals surface area contributed by atoms with E-state index in [0.29, 0.717) is 28.4 Å². The van der Waals surface area contributed by atoms with E-state index in [1.54, 1.807) is 29.5 Å². The molecule has 0 radical (unpaired) electrons. The molecular weight excluding hydrogens is 367 g/mol. The zero-order valence-corrected chi connectivity index (χ0v) is 14.6. The second-order valence-corrected chi connectivity index (χ2v) is 6.81. The van der Waals surface area contributed by atoms with Gasteiger partial charge >= 0.3 is 0 Å².